The van der Waals surface area contributed by atoms with Crippen molar-refractivity contribution < 1.29 is 31.8 Å². The Kier molecular flexibility index (Phi) is 14.3. The number of rotatable bonds is 20. The molecule has 3 rings (SSSR count). The summed E-state index contributed by atoms with van der Waals surface area (Å²) in [7, 11) is 0. The van der Waals surface area contributed by atoms with Crippen molar-refractivity contribution in [2.24, 2.45) is 5.92 Å². The van der Waals surface area contributed by atoms with Gasteiger partial charge >= 0.3 is 0 Å². The molecule has 1 aliphatic carbocycles. The molecule has 2 aromatic heterocycles. The van der Waals surface area contributed by atoms with Gasteiger partial charge in [-0.15, -0.1) is 0 Å². The molecule has 2 heterocycles. The standard InChI is InChI=1S/C32H46F4N2O3/c1-3-5-9-19-40-20-10-7-8-13-25-15-14-24-23-27(38-31(34)29(24)32(25,35)36)26-16-17-28(30(33)37-26)41-22-12-11-21-39-18-6-4-2/h16-17,23,25H,3-15,18-22H2,1-2H3. The molecule has 5 nitrogen and oxygen atoms in total. The van der Waals surface area contributed by atoms with Crippen molar-refractivity contribution in [3.63, 3.8) is 0 Å². The first kappa shape index (κ1) is 33.2. The molecule has 230 valence electrons. The molecule has 0 bridgehead atoms. The van der Waals surface area contributed by atoms with Crippen LogP contribution in [0.1, 0.15) is 102 Å². The van der Waals surface area contributed by atoms with E-state index >= 15 is 13.2 Å². The van der Waals surface area contributed by atoms with Crippen LogP contribution in [-0.4, -0.2) is 43.0 Å². The van der Waals surface area contributed by atoms with Crippen LogP contribution < -0.4 is 4.74 Å². The SMILES string of the molecule is CCCCCOCCCCCC1CCc2cc(-c3ccc(OCCCCOCCCC)c(F)n3)nc(F)c2C1(F)F. The average molecular weight is 583 g/mol. The van der Waals surface area contributed by atoms with Crippen molar-refractivity contribution in [3.8, 4) is 17.1 Å². The topological polar surface area (TPSA) is 53.5 Å². The van der Waals surface area contributed by atoms with E-state index in [1.54, 1.807) is 0 Å². The summed E-state index contributed by atoms with van der Waals surface area (Å²) in [5, 5.41) is 0. The Morgan fingerprint density at radius 3 is 2.10 bits per heavy atom. The Balaban J connectivity index is 1.52. The first-order valence-corrected chi connectivity index (χ1v) is 15.4. The lowest BCUT2D eigenvalue weighted by molar-refractivity contribution is -0.0825. The zero-order valence-electron chi connectivity index (χ0n) is 24.7. The highest BCUT2D eigenvalue weighted by Gasteiger charge is 2.47. The van der Waals surface area contributed by atoms with E-state index in [9.17, 15) is 4.39 Å². The predicted octanol–water partition coefficient (Wildman–Crippen LogP) is 8.82. The van der Waals surface area contributed by atoms with Crippen LogP contribution in [-0.2, 0) is 21.8 Å². The summed E-state index contributed by atoms with van der Waals surface area (Å²) in [4.78, 5) is 7.65. The number of unbranched alkanes of at least 4 members (excludes halogenated alkanes) is 6. The minimum Gasteiger partial charge on any atom is -0.489 e. The van der Waals surface area contributed by atoms with Crippen molar-refractivity contribution in [1.29, 1.82) is 0 Å². The van der Waals surface area contributed by atoms with Crippen LogP contribution in [0.5, 0.6) is 5.75 Å². The highest BCUT2D eigenvalue weighted by molar-refractivity contribution is 5.57. The van der Waals surface area contributed by atoms with Gasteiger partial charge in [-0.05, 0) is 75.1 Å². The minimum atomic E-state index is -3.31. The molecule has 0 amide bonds. The third-order valence-electron chi connectivity index (χ3n) is 7.56. The summed E-state index contributed by atoms with van der Waals surface area (Å²) in [5.41, 5.74) is -0.318. The van der Waals surface area contributed by atoms with Crippen LogP contribution in [0.2, 0.25) is 0 Å². The molecule has 41 heavy (non-hydrogen) atoms. The Labute approximate surface area is 242 Å². The second-order valence-electron chi connectivity index (χ2n) is 10.9. The van der Waals surface area contributed by atoms with Crippen molar-refractivity contribution in [3.05, 3.63) is 41.2 Å². The van der Waals surface area contributed by atoms with E-state index in [2.05, 4.69) is 23.8 Å². The van der Waals surface area contributed by atoms with E-state index in [-0.39, 0.29) is 29.1 Å². The number of halogens is 4. The quantitative estimate of drug-likeness (QED) is 0.0887. The molecular formula is C32H46F4N2O3. The molecule has 9 heteroatoms. The van der Waals surface area contributed by atoms with E-state index in [1.807, 2.05) is 0 Å². The molecule has 0 fully saturated rings. The molecule has 1 unspecified atom stereocenters. The summed E-state index contributed by atoms with van der Waals surface area (Å²) < 4.78 is 77.0. The first-order valence-electron chi connectivity index (χ1n) is 15.4. The molecule has 0 aliphatic heterocycles. The van der Waals surface area contributed by atoms with Crippen LogP contribution >= 0.6 is 0 Å². The smallest absolute Gasteiger partial charge is 0.280 e. The van der Waals surface area contributed by atoms with Gasteiger partial charge in [-0.25, -0.2) is 18.7 Å². The summed E-state index contributed by atoms with van der Waals surface area (Å²) >= 11 is 0. The second-order valence-corrected chi connectivity index (χ2v) is 10.9. The third kappa shape index (κ3) is 10.2. The number of fused-ring (bicyclic) bond motifs is 1. The summed E-state index contributed by atoms with van der Waals surface area (Å²) in [6.07, 6.45) is 10.1. The van der Waals surface area contributed by atoms with Gasteiger partial charge in [0.2, 0.25) is 5.95 Å². The van der Waals surface area contributed by atoms with Gasteiger partial charge < -0.3 is 14.2 Å². The molecule has 1 aliphatic rings. The average Bonchev–Trinajstić information content (AvgIpc) is 2.94. The summed E-state index contributed by atoms with van der Waals surface area (Å²) in [5.74, 6) is -6.32. The van der Waals surface area contributed by atoms with E-state index in [0.717, 1.165) is 64.6 Å². The Bertz CT molecular complexity index is 1050. The molecule has 1 atom stereocenters. The number of alkyl halides is 2. The lowest BCUT2D eigenvalue weighted by Gasteiger charge is -2.33. The normalized spacial score (nSPS) is 16.1. The maximum Gasteiger partial charge on any atom is 0.280 e. The zero-order chi connectivity index (χ0) is 29.5. The molecule has 0 saturated heterocycles. The molecular weight excluding hydrogens is 536 g/mol. The highest BCUT2D eigenvalue weighted by Crippen LogP contribution is 2.47. The van der Waals surface area contributed by atoms with Crippen molar-refractivity contribution in [2.45, 2.75) is 103 Å². The van der Waals surface area contributed by atoms with Crippen LogP contribution in [0.3, 0.4) is 0 Å². The Morgan fingerprint density at radius 2 is 1.39 bits per heavy atom. The molecule has 0 radical (unpaired) electrons. The molecule has 0 spiro atoms. The van der Waals surface area contributed by atoms with Crippen LogP contribution in [0.15, 0.2) is 18.2 Å². The monoisotopic (exact) mass is 582 g/mol. The Morgan fingerprint density at radius 1 is 0.756 bits per heavy atom. The number of hydrogen-bond acceptors (Lipinski definition) is 5. The summed E-state index contributed by atoms with van der Waals surface area (Å²) in [6, 6.07) is 4.30. The predicted molar refractivity (Wildman–Crippen MR) is 152 cm³/mol. The lowest BCUT2D eigenvalue weighted by Crippen LogP contribution is -2.33. The fourth-order valence-corrected chi connectivity index (χ4v) is 5.12. The van der Waals surface area contributed by atoms with Crippen LogP contribution in [0.4, 0.5) is 17.6 Å². The minimum absolute atomic E-state index is 0.0171. The molecule has 2 aromatic rings. The highest BCUT2D eigenvalue weighted by atomic mass is 19.3. The zero-order valence-corrected chi connectivity index (χ0v) is 24.7. The number of aromatic nitrogens is 2. The van der Waals surface area contributed by atoms with Gasteiger partial charge in [0.15, 0.2) is 5.75 Å². The van der Waals surface area contributed by atoms with Gasteiger partial charge in [0.1, 0.15) is 0 Å². The summed E-state index contributed by atoms with van der Waals surface area (Å²) in [6.45, 7) is 7.32. The first-order chi connectivity index (χ1) is 19.9. The number of ether oxygens (including phenoxy) is 3. The van der Waals surface area contributed by atoms with Gasteiger partial charge in [-0.2, -0.15) is 8.78 Å². The van der Waals surface area contributed by atoms with Gasteiger partial charge in [-0.1, -0.05) is 46.0 Å². The van der Waals surface area contributed by atoms with Gasteiger partial charge in [0, 0.05) is 32.3 Å². The number of hydrogen-bond donors (Lipinski definition) is 0. The lowest BCUT2D eigenvalue weighted by atomic mass is 9.78. The van der Waals surface area contributed by atoms with Gasteiger partial charge in [0.25, 0.3) is 11.9 Å². The fraction of sp³-hybridized carbons (Fsp3) is 0.688. The second kappa shape index (κ2) is 17.6. The van der Waals surface area contributed by atoms with Crippen molar-refractivity contribution >= 4 is 0 Å². The van der Waals surface area contributed by atoms with Crippen molar-refractivity contribution in [2.75, 3.05) is 33.0 Å². The fourth-order valence-electron chi connectivity index (χ4n) is 5.12. The molecule has 0 saturated carbocycles. The largest absolute Gasteiger partial charge is 0.489 e. The van der Waals surface area contributed by atoms with E-state index < -0.39 is 29.3 Å². The number of nitrogens with zero attached hydrogens (tertiary/aromatic N) is 2. The molecule has 0 N–H and O–H groups in total. The van der Waals surface area contributed by atoms with E-state index in [1.165, 1.54) is 18.2 Å². The van der Waals surface area contributed by atoms with E-state index in [0.29, 0.717) is 45.5 Å². The van der Waals surface area contributed by atoms with Crippen LogP contribution in [0.25, 0.3) is 11.4 Å². The van der Waals surface area contributed by atoms with Crippen molar-refractivity contribution in [1.82, 2.24) is 9.97 Å². The Hall–Kier alpha value is -2.26. The van der Waals surface area contributed by atoms with Gasteiger partial charge in [-0.3, -0.25) is 0 Å². The van der Waals surface area contributed by atoms with E-state index in [4.69, 9.17) is 14.2 Å². The maximum absolute atomic E-state index is 15.4. The van der Waals surface area contributed by atoms with Gasteiger partial charge in [0.05, 0.1) is 23.6 Å². The number of pyridine rings is 2. The number of aryl methyl sites for hydroxylation is 1. The third-order valence-corrected chi connectivity index (χ3v) is 7.56. The van der Waals surface area contributed by atoms with Crippen LogP contribution in [0, 0.1) is 17.8 Å². The maximum atomic E-state index is 15.4. The molecule has 0 aromatic carbocycles.